The van der Waals surface area contributed by atoms with Gasteiger partial charge in [-0.05, 0) is 25.9 Å². The molecule has 0 bridgehead atoms. The number of carbonyl (C=O) groups is 1. The average Bonchev–Trinajstić information content (AvgIpc) is 2.43. The van der Waals surface area contributed by atoms with E-state index in [1.54, 1.807) is 0 Å². The molecule has 0 spiro atoms. The Morgan fingerprint density at radius 2 is 1.94 bits per heavy atom. The number of rotatable bonds is 7. The number of nitrogens with one attached hydrogen (secondary N) is 1. The van der Waals surface area contributed by atoms with Crippen molar-refractivity contribution in [3.8, 4) is 0 Å². The molecule has 5 heteroatoms. The van der Waals surface area contributed by atoms with Crippen molar-refractivity contribution in [3.63, 3.8) is 0 Å². The molecule has 1 fully saturated rings. The first-order valence-electron chi connectivity index (χ1n) is 6.82. The summed E-state index contributed by atoms with van der Waals surface area (Å²) in [5.74, 6) is -0.162. The van der Waals surface area contributed by atoms with Crippen molar-refractivity contribution in [1.82, 2.24) is 10.2 Å². The molecule has 1 aliphatic rings. The minimum absolute atomic E-state index is 0.162. The number of nitrogens with zero attached hydrogens (tertiary/aromatic N) is 1. The molecular weight excluding hydrogens is 232 g/mol. The number of hydrogen-bond acceptors (Lipinski definition) is 5. The number of likely N-dealkylation sites (N-methyl/N-ethyl adjacent to an activating group) is 1. The van der Waals surface area contributed by atoms with Crippen LogP contribution in [0.25, 0.3) is 0 Å². The maximum absolute atomic E-state index is 11.9. The monoisotopic (exact) mass is 258 g/mol. The standard InChI is InChI=1S/C13H26N2O3/c1-4-15(5-2)9-8-14-13(12(16)17-3)6-10-18-11-7-13/h14H,4-11H2,1-3H3. The summed E-state index contributed by atoms with van der Waals surface area (Å²) in [6, 6.07) is 0. The fourth-order valence-corrected chi connectivity index (χ4v) is 2.36. The van der Waals surface area contributed by atoms with Crippen LogP contribution in [0.2, 0.25) is 0 Å². The summed E-state index contributed by atoms with van der Waals surface area (Å²) in [4.78, 5) is 14.3. The van der Waals surface area contributed by atoms with Gasteiger partial charge in [0.1, 0.15) is 5.54 Å². The van der Waals surface area contributed by atoms with Crippen molar-refractivity contribution in [2.45, 2.75) is 32.2 Å². The Morgan fingerprint density at radius 1 is 1.33 bits per heavy atom. The van der Waals surface area contributed by atoms with Gasteiger partial charge in [0.05, 0.1) is 7.11 Å². The number of carbonyl (C=O) groups excluding carboxylic acids is 1. The van der Waals surface area contributed by atoms with Crippen molar-refractivity contribution >= 4 is 5.97 Å². The quantitative estimate of drug-likeness (QED) is 0.679. The van der Waals surface area contributed by atoms with Crippen LogP contribution in [0.3, 0.4) is 0 Å². The molecule has 1 heterocycles. The second-order valence-electron chi connectivity index (χ2n) is 4.64. The Labute approximate surface area is 110 Å². The third-order valence-electron chi connectivity index (χ3n) is 3.71. The van der Waals surface area contributed by atoms with E-state index in [0.717, 1.165) is 26.2 Å². The molecule has 1 rings (SSSR count). The average molecular weight is 258 g/mol. The van der Waals surface area contributed by atoms with E-state index in [1.807, 2.05) is 0 Å². The minimum Gasteiger partial charge on any atom is -0.468 e. The molecule has 0 aromatic carbocycles. The lowest BCUT2D eigenvalue weighted by Crippen LogP contribution is -2.57. The van der Waals surface area contributed by atoms with Gasteiger partial charge in [-0.25, -0.2) is 0 Å². The molecule has 0 amide bonds. The highest BCUT2D eigenvalue weighted by Crippen LogP contribution is 2.22. The lowest BCUT2D eigenvalue weighted by molar-refractivity contribution is -0.153. The highest BCUT2D eigenvalue weighted by Gasteiger charge is 2.40. The maximum Gasteiger partial charge on any atom is 0.326 e. The maximum atomic E-state index is 11.9. The fourth-order valence-electron chi connectivity index (χ4n) is 2.36. The van der Waals surface area contributed by atoms with Crippen LogP contribution in [0.4, 0.5) is 0 Å². The van der Waals surface area contributed by atoms with Gasteiger partial charge in [-0.3, -0.25) is 4.79 Å². The Balaban J connectivity index is 2.49. The van der Waals surface area contributed by atoms with Crippen LogP contribution < -0.4 is 5.32 Å². The number of methoxy groups -OCH3 is 1. The molecule has 0 aliphatic carbocycles. The van der Waals surface area contributed by atoms with Crippen molar-refractivity contribution in [3.05, 3.63) is 0 Å². The van der Waals surface area contributed by atoms with Gasteiger partial charge in [0.2, 0.25) is 0 Å². The summed E-state index contributed by atoms with van der Waals surface area (Å²) < 4.78 is 10.3. The fraction of sp³-hybridized carbons (Fsp3) is 0.923. The predicted molar refractivity (Wildman–Crippen MR) is 70.6 cm³/mol. The second-order valence-corrected chi connectivity index (χ2v) is 4.64. The Morgan fingerprint density at radius 3 is 2.44 bits per heavy atom. The molecule has 1 aliphatic heterocycles. The van der Waals surface area contributed by atoms with E-state index in [9.17, 15) is 4.79 Å². The Kier molecular flexibility index (Phi) is 6.60. The highest BCUT2D eigenvalue weighted by molar-refractivity contribution is 5.80. The number of ether oxygens (including phenoxy) is 2. The summed E-state index contributed by atoms with van der Waals surface area (Å²) in [5.41, 5.74) is -0.542. The van der Waals surface area contributed by atoms with Gasteiger partial charge in [0, 0.05) is 26.3 Å². The molecule has 0 aromatic rings. The summed E-state index contributed by atoms with van der Waals surface area (Å²) in [5, 5.41) is 3.39. The molecule has 0 radical (unpaired) electrons. The zero-order valence-electron chi connectivity index (χ0n) is 11.8. The van der Waals surface area contributed by atoms with E-state index in [1.165, 1.54) is 7.11 Å². The third-order valence-corrected chi connectivity index (χ3v) is 3.71. The van der Waals surface area contributed by atoms with E-state index in [-0.39, 0.29) is 5.97 Å². The third kappa shape index (κ3) is 3.93. The van der Waals surface area contributed by atoms with Gasteiger partial charge in [0.25, 0.3) is 0 Å². The first-order valence-corrected chi connectivity index (χ1v) is 6.82. The largest absolute Gasteiger partial charge is 0.468 e. The normalized spacial score (nSPS) is 18.9. The van der Waals surface area contributed by atoms with Gasteiger partial charge in [-0.15, -0.1) is 0 Å². The van der Waals surface area contributed by atoms with Crippen molar-refractivity contribution in [2.24, 2.45) is 0 Å². The minimum atomic E-state index is -0.542. The van der Waals surface area contributed by atoms with E-state index in [2.05, 4.69) is 24.1 Å². The molecule has 1 saturated heterocycles. The summed E-state index contributed by atoms with van der Waals surface area (Å²) in [6.45, 7) is 9.35. The van der Waals surface area contributed by atoms with Crippen LogP contribution in [-0.4, -0.2) is 62.9 Å². The molecule has 106 valence electrons. The van der Waals surface area contributed by atoms with Crippen molar-refractivity contribution in [1.29, 1.82) is 0 Å². The lowest BCUT2D eigenvalue weighted by Gasteiger charge is -2.36. The molecule has 0 unspecified atom stereocenters. The Hall–Kier alpha value is -0.650. The van der Waals surface area contributed by atoms with E-state index in [4.69, 9.17) is 9.47 Å². The van der Waals surface area contributed by atoms with E-state index < -0.39 is 5.54 Å². The van der Waals surface area contributed by atoms with Crippen LogP contribution in [0.5, 0.6) is 0 Å². The molecule has 0 saturated carbocycles. The van der Waals surface area contributed by atoms with Gasteiger partial charge >= 0.3 is 5.97 Å². The molecule has 5 nitrogen and oxygen atoms in total. The summed E-state index contributed by atoms with van der Waals surface area (Å²) in [6.07, 6.45) is 1.38. The summed E-state index contributed by atoms with van der Waals surface area (Å²) >= 11 is 0. The predicted octanol–water partition coefficient (Wildman–Crippen LogP) is 0.640. The van der Waals surface area contributed by atoms with Crippen LogP contribution >= 0.6 is 0 Å². The molecule has 1 N–H and O–H groups in total. The SMILES string of the molecule is CCN(CC)CCNC1(C(=O)OC)CCOCC1. The first-order chi connectivity index (χ1) is 8.68. The van der Waals surface area contributed by atoms with E-state index in [0.29, 0.717) is 26.1 Å². The lowest BCUT2D eigenvalue weighted by atomic mass is 9.90. The summed E-state index contributed by atoms with van der Waals surface area (Å²) in [7, 11) is 1.45. The van der Waals surface area contributed by atoms with Gasteiger partial charge in [-0.1, -0.05) is 13.8 Å². The number of esters is 1. The zero-order valence-corrected chi connectivity index (χ0v) is 11.8. The first kappa shape index (κ1) is 15.4. The number of hydrogen-bond donors (Lipinski definition) is 1. The van der Waals surface area contributed by atoms with Gasteiger partial charge in [-0.2, -0.15) is 0 Å². The highest BCUT2D eigenvalue weighted by atomic mass is 16.5. The van der Waals surface area contributed by atoms with Crippen LogP contribution in [0.1, 0.15) is 26.7 Å². The van der Waals surface area contributed by atoms with Gasteiger partial charge < -0.3 is 19.7 Å². The topological polar surface area (TPSA) is 50.8 Å². The second kappa shape index (κ2) is 7.71. The van der Waals surface area contributed by atoms with Crippen LogP contribution in [-0.2, 0) is 14.3 Å². The van der Waals surface area contributed by atoms with Crippen molar-refractivity contribution in [2.75, 3.05) is 46.5 Å². The smallest absolute Gasteiger partial charge is 0.326 e. The van der Waals surface area contributed by atoms with Gasteiger partial charge in [0.15, 0.2) is 0 Å². The van der Waals surface area contributed by atoms with Crippen LogP contribution in [0.15, 0.2) is 0 Å². The Bertz CT molecular complexity index is 249. The van der Waals surface area contributed by atoms with Crippen LogP contribution in [0, 0.1) is 0 Å². The van der Waals surface area contributed by atoms with Crippen molar-refractivity contribution < 1.29 is 14.3 Å². The molecule has 0 aromatic heterocycles. The molecular formula is C13H26N2O3. The molecule has 0 atom stereocenters. The molecule has 18 heavy (non-hydrogen) atoms. The zero-order chi connectivity index (χ0) is 13.4. The van der Waals surface area contributed by atoms with E-state index >= 15 is 0 Å².